The first-order chi connectivity index (χ1) is 10.1. The maximum atomic E-state index is 11.2. The van der Waals surface area contributed by atoms with E-state index in [1.165, 1.54) is 70.9 Å². The van der Waals surface area contributed by atoms with Crippen molar-refractivity contribution >= 4 is 0 Å². The molecule has 1 unspecified atom stereocenters. The summed E-state index contributed by atoms with van der Waals surface area (Å²) in [5.41, 5.74) is -0.436. The second-order valence-electron chi connectivity index (χ2n) is 7.97. The molecule has 2 aliphatic rings. The van der Waals surface area contributed by atoms with Crippen LogP contribution >= 0.6 is 0 Å². The minimum Gasteiger partial charge on any atom is -0.390 e. The van der Waals surface area contributed by atoms with E-state index in [1.807, 2.05) is 0 Å². The molecule has 0 spiro atoms. The molecule has 2 nitrogen and oxygen atoms in total. The summed E-state index contributed by atoms with van der Waals surface area (Å²) in [6.07, 6.45) is 14.4. The molecule has 2 fully saturated rings. The van der Waals surface area contributed by atoms with Crippen LogP contribution in [-0.2, 0) is 0 Å². The number of likely N-dealkylation sites (tertiary alicyclic amines) is 1. The lowest BCUT2D eigenvalue weighted by molar-refractivity contribution is -0.0439. The minimum absolute atomic E-state index is 0.381. The zero-order valence-electron chi connectivity index (χ0n) is 14.4. The van der Waals surface area contributed by atoms with Gasteiger partial charge in [0.25, 0.3) is 0 Å². The summed E-state index contributed by atoms with van der Waals surface area (Å²) in [6.45, 7) is 8.02. The monoisotopic (exact) mass is 295 g/mol. The van der Waals surface area contributed by atoms with E-state index in [0.29, 0.717) is 5.92 Å². The van der Waals surface area contributed by atoms with Gasteiger partial charge < -0.3 is 10.0 Å². The number of aliphatic hydroxyl groups is 1. The van der Waals surface area contributed by atoms with E-state index in [2.05, 4.69) is 18.7 Å². The number of rotatable bonds is 6. The van der Waals surface area contributed by atoms with Crippen molar-refractivity contribution in [2.24, 2.45) is 11.8 Å². The van der Waals surface area contributed by atoms with E-state index in [4.69, 9.17) is 0 Å². The van der Waals surface area contributed by atoms with Gasteiger partial charge in [-0.05, 0) is 50.6 Å². The van der Waals surface area contributed by atoms with Gasteiger partial charge in [0.05, 0.1) is 5.60 Å². The van der Waals surface area contributed by atoms with Crippen LogP contribution in [-0.4, -0.2) is 35.2 Å². The van der Waals surface area contributed by atoms with Crippen molar-refractivity contribution in [3.8, 4) is 0 Å². The summed E-state index contributed by atoms with van der Waals surface area (Å²) in [4.78, 5) is 2.60. The van der Waals surface area contributed by atoms with Crippen LogP contribution in [0, 0.1) is 11.8 Å². The highest BCUT2D eigenvalue weighted by atomic mass is 16.3. The molecule has 124 valence electrons. The summed E-state index contributed by atoms with van der Waals surface area (Å²) in [5, 5.41) is 11.2. The molecule has 1 aliphatic carbocycles. The molecule has 0 aromatic heterocycles. The van der Waals surface area contributed by atoms with Crippen LogP contribution in [0.2, 0.25) is 0 Å². The Morgan fingerprint density at radius 3 is 2.10 bits per heavy atom. The molecular formula is C19H37NO. The molecule has 1 atom stereocenters. The van der Waals surface area contributed by atoms with Gasteiger partial charge in [-0.1, -0.05) is 58.8 Å². The Kier molecular flexibility index (Phi) is 7.01. The molecule has 21 heavy (non-hydrogen) atoms. The SMILES string of the molecule is CC(C)C(O)(CCN1CCCCCC1)CC1CCCCC1. The zero-order valence-corrected chi connectivity index (χ0v) is 14.4. The Morgan fingerprint density at radius 1 is 0.952 bits per heavy atom. The van der Waals surface area contributed by atoms with Crippen LogP contribution < -0.4 is 0 Å². The minimum atomic E-state index is -0.436. The fourth-order valence-corrected chi connectivity index (χ4v) is 4.23. The molecule has 2 heteroatoms. The summed E-state index contributed by atoms with van der Waals surface area (Å²) in [6, 6.07) is 0. The third kappa shape index (κ3) is 5.56. The fraction of sp³-hybridized carbons (Fsp3) is 1.00. The molecule has 1 saturated heterocycles. The van der Waals surface area contributed by atoms with E-state index in [1.54, 1.807) is 0 Å². The van der Waals surface area contributed by atoms with Crippen LogP contribution in [0.15, 0.2) is 0 Å². The van der Waals surface area contributed by atoms with Crippen molar-refractivity contribution in [2.75, 3.05) is 19.6 Å². The smallest absolute Gasteiger partial charge is 0.0685 e. The van der Waals surface area contributed by atoms with E-state index in [9.17, 15) is 5.11 Å². The van der Waals surface area contributed by atoms with Crippen molar-refractivity contribution in [3.63, 3.8) is 0 Å². The Labute approximate surface area is 132 Å². The first kappa shape index (κ1) is 17.3. The topological polar surface area (TPSA) is 23.5 Å². The summed E-state index contributed by atoms with van der Waals surface area (Å²) in [5.74, 6) is 1.15. The van der Waals surface area contributed by atoms with Gasteiger partial charge >= 0.3 is 0 Å². The van der Waals surface area contributed by atoms with Gasteiger partial charge in [0.2, 0.25) is 0 Å². The highest BCUT2D eigenvalue weighted by Gasteiger charge is 2.34. The van der Waals surface area contributed by atoms with Crippen molar-refractivity contribution in [2.45, 2.75) is 90.1 Å². The van der Waals surface area contributed by atoms with Gasteiger partial charge in [-0.25, -0.2) is 0 Å². The van der Waals surface area contributed by atoms with Crippen molar-refractivity contribution in [3.05, 3.63) is 0 Å². The average molecular weight is 296 g/mol. The number of nitrogens with zero attached hydrogens (tertiary/aromatic N) is 1. The fourth-order valence-electron chi connectivity index (χ4n) is 4.23. The predicted octanol–water partition coefficient (Wildman–Crippen LogP) is 4.61. The third-order valence-electron chi connectivity index (χ3n) is 6.00. The van der Waals surface area contributed by atoms with Crippen LogP contribution in [0.1, 0.15) is 84.5 Å². The lowest BCUT2D eigenvalue weighted by Gasteiger charge is -2.38. The number of hydrogen-bond acceptors (Lipinski definition) is 2. The van der Waals surface area contributed by atoms with Gasteiger partial charge in [0.15, 0.2) is 0 Å². The zero-order chi connectivity index (χ0) is 15.1. The van der Waals surface area contributed by atoms with Gasteiger partial charge in [0.1, 0.15) is 0 Å². The Hall–Kier alpha value is -0.0800. The average Bonchev–Trinajstić information content (AvgIpc) is 2.75. The number of hydrogen-bond donors (Lipinski definition) is 1. The first-order valence-corrected chi connectivity index (χ1v) is 9.55. The Morgan fingerprint density at radius 2 is 1.52 bits per heavy atom. The van der Waals surface area contributed by atoms with E-state index < -0.39 is 5.60 Å². The molecule has 0 bridgehead atoms. The molecular weight excluding hydrogens is 258 g/mol. The van der Waals surface area contributed by atoms with Gasteiger partial charge in [-0.15, -0.1) is 0 Å². The first-order valence-electron chi connectivity index (χ1n) is 9.55. The Bertz CT molecular complexity index is 277. The molecule has 2 rings (SSSR count). The van der Waals surface area contributed by atoms with Crippen LogP contribution in [0.4, 0.5) is 0 Å². The molecule has 0 aromatic carbocycles. The van der Waals surface area contributed by atoms with Crippen LogP contribution in [0.25, 0.3) is 0 Å². The van der Waals surface area contributed by atoms with Crippen molar-refractivity contribution in [1.29, 1.82) is 0 Å². The molecule has 1 aliphatic heterocycles. The van der Waals surface area contributed by atoms with E-state index in [-0.39, 0.29) is 0 Å². The quantitative estimate of drug-likeness (QED) is 0.773. The molecule has 0 radical (unpaired) electrons. The second-order valence-corrected chi connectivity index (χ2v) is 7.97. The van der Waals surface area contributed by atoms with E-state index in [0.717, 1.165) is 25.3 Å². The second kappa shape index (κ2) is 8.53. The summed E-state index contributed by atoms with van der Waals surface area (Å²) in [7, 11) is 0. The van der Waals surface area contributed by atoms with Crippen LogP contribution in [0.5, 0.6) is 0 Å². The third-order valence-corrected chi connectivity index (χ3v) is 6.00. The molecule has 1 heterocycles. The normalized spacial score (nSPS) is 25.7. The summed E-state index contributed by atoms with van der Waals surface area (Å²) >= 11 is 0. The standard InChI is InChI=1S/C19H37NO/c1-17(2)19(21,16-18-10-6-5-7-11-18)12-15-20-13-8-3-4-9-14-20/h17-18,21H,3-16H2,1-2H3. The molecule has 1 saturated carbocycles. The largest absolute Gasteiger partial charge is 0.390 e. The Balaban J connectivity index is 1.84. The predicted molar refractivity (Wildman–Crippen MR) is 90.5 cm³/mol. The molecule has 0 aromatic rings. The van der Waals surface area contributed by atoms with Crippen molar-refractivity contribution in [1.82, 2.24) is 4.90 Å². The maximum Gasteiger partial charge on any atom is 0.0685 e. The lowest BCUT2D eigenvalue weighted by Crippen LogP contribution is -2.41. The van der Waals surface area contributed by atoms with Crippen LogP contribution in [0.3, 0.4) is 0 Å². The maximum absolute atomic E-state index is 11.2. The van der Waals surface area contributed by atoms with Crippen molar-refractivity contribution < 1.29 is 5.11 Å². The highest BCUT2D eigenvalue weighted by molar-refractivity contribution is 4.87. The summed E-state index contributed by atoms with van der Waals surface area (Å²) < 4.78 is 0. The lowest BCUT2D eigenvalue weighted by atomic mass is 9.75. The van der Waals surface area contributed by atoms with Gasteiger partial charge in [0, 0.05) is 6.54 Å². The molecule has 1 N–H and O–H groups in total. The highest BCUT2D eigenvalue weighted by Crippen LogP contribution is 2.36. The molecule has 0 amide bonds. The van der Waals surface area contributed by atoms with Gasteiger partial charge in [-0.2, -0.15) is 0 Å². The van der Waals surface area contributed by atoms with E-state index >= 15 is 0 Å². The van der Waals surface area contributed by atoms with Gasteiger partial charge in [-0.3, -0.25) is 0 Å².